The molecule has 2 aliphatic rings. The molecule has 3 aromatic rings. The second-order valence-electron chi connectivity index (χ2n) is 8.23. The molecule has 0 spiro atoms. The van der Waals surface area contributed by atoms with Crippen LogP contribution in [0.4, 0.5) is 5.00 Å². The van der Waals surface area contributed by atoms with Gasteiger partial charge in [-0.3, -0.25) is 9.59 Å². The van der Waals surface area contributed by atoms with E-state index in [0.29, 0.717) is 17.0 Å². The van der Waals surface area contributed by atoms with Crippen molar-refractivity contribution in [3.05, 3.63) is 65.6 Å². The molecule has 1 heterocycles. The minimum Gasteiger partial charge on any atom is -0.481 e. The number of ether oxygens (including phenoxy) is 1. The quantitative estimate of drug-likeness (QED) is 0.432. The van der Waals surface area contributed by atoms with Crippen LogP contribution in [0, 0.1) is 23.7 Å². The third-order valence-corrected chi connectivity index (χ3v) is 7.42. The number of aliphatic carboxylic acids is 1. The Kier molecular flexibility index (Phi) is 5.06. The summed E-state index contributed by atoms with van der Waals surface area (Å²) < 4.78 is 5.01. The van der Waals surface area contributed by atoms with Gasteiger partial charge in [0.1, 0.15) is 10.6 Å². The molecular formula is C25H21NO5S. The van der Waals surface area contributed by atoms with Crippen molar-refractivity contribution in [2.75, 3.05) is 12.4 Å². The topological polar surface area (TPSA) is 92.7 Å². The fraction of sp³-hybridized carbons (Fsp3) is 0.240. The van der Waals surface area contributed by atoms with Gasteiger partial charge in [-0.1, -0.05) is 48.6 Å². The summed E-state index contributed by atoms with van der Waals surface area (Å²) >= 11 is 1.24. The maximum atomic E-state index is 13.1. The Morgan fingerprint density at radius 2 is 1.75 bits per heavy atom. The molecule has 1 saturated carbocycles. The maximum Gasteiger partial charge on any atom is 0.341 e. The van der Waals surface area contributed by atoms with E-state index in [2.05, 4.69) is 5.32 Å². The zero-order valence-electron chi connectivity index (χ0n) is 17.3. The third kappa shape index (κ3) is 3.29. The molecule has 2 N–H and O–H groups in total. The van der Waals surface area contributed by atoms with E-state index in [1.54, 1.807) is 0 Å². The van der Waals surface area contributed by atoms with E-state index in [0.717, 1.165) is 16.3 Å². The highest BCUT2D eigenvalue weighted by Gasteiger charge is 2.51. The summed E-state index contributed by atoms with van der Waals surface area (Å²) in [5, 5.41) is 16.8. The van der Waals surface area contributed by atoms with Crippen LogP contribution in [0.15, 0.2) is 60.0 Å². The molecule has 162 valence electrons. The zero-order valence-corrected chi connectivity index (χ0v) is 18.1. The van der Waals surface area contributed by atoms with Gasteiger partial charge in [0.25, 0.3) is 0 Å². The average molecular weight is 448 g/mol. The van der Waals surface area contributed by atoms with Crippen LogP contribution in [0.2, 0.25) is 0 Å². The Balaban J connectivity index is 1.50. The fourth-order valence-corrected chi connectivity index (χ4v) is 6.00. The van der Waals surface area contributed by atoms with Crippen LogP contribution in [0.3, 0.4) is 0 Å². The lowest BCUT2D eigenvalue weighted by molar-refractivity contribution is -0.146. The Labute approximate surface area is 188 Å². The molecule has 0 unspecified atom stereocenters. The minimum absolute atomic E-state index is 0.0948. The number of nitrogens with one attached hydrogen (secondary N) is 1. The number of allylic oxidation sites excluding steroid dienone is 2. The number of benzene rings is 2. The number of carbonyl (C=O) groups excluding carboxylic acids is 2. The van der Waals surface area contributed by atoms with Crippen molar-refractivity contribution in [2.45, 2.75) is 6.42 Å². The first-order chi connectivity index (χ1) is 15.5. The van der Waals surface area contributed by atoms with E-state index >= 15 is 0 Å². The van der Waals surface area contributed by atoms with Gasteiger partial charge in [0.15, 0.2) is 0 Å². The number of carbonyl (C=O) groups is 3. The fourth-order valence-electron chi connectivity index (χ4n) is 5.04. The Bertz CT molecular complexity index is 1280. The predicted molar refractivity (Wildman–Crippen MR) is 123 cm³/mol. The third-order valence-electron chi connectivity index (χ3n) is 6.52. The van der Waals surface area contributed by atoms with E-state index < -0.39 is 23.8 Å². The number of methoxy groups -OCH3 is 1. The van der Waals surface area contributed by atoms with Crippen LogP contribution in [-0.4, -0.2) is 30.1 Å². The lowest BCUT2D eigenvalue weighted by Gasteiger charge is -2.23. The number of esters is 1. The number of hydrogen-bond acceptors (Lipinski definition) is 5. The minimum atomic E-state index is -0.960. The summed E-state index contributed by atoms with van der Waals surface area (Å²) in [6.45, 7) is 0. The molecule has 7 heteroatoms. The SMILES string of the molecule is COC(=O)c1c(-c2ccc3ccccc3c2)csc1NC(=O)[C@@H]1[C@@H](C(=O)O)[C@H]2C=C[C@@H]1C2. The van der Waals surface area contributed by atoms with Crippen molar-refractivity contribution < 1.29 is 24.2 Å². The summed E-state index contributed by atoms with van der Waals surface area (Å²) in [6.07, 6.45) is 4.51. The van der Waals surface area contributed by atoms with Gasteiger partial charge in [-0.25, -0.2) is 4.79 Å². The second kappa shape index (κ2) is 7.91. The second-order valence-corrected chi connectivity index (χ2v) is 9.11. The van der Waals surface area contributed by atoms with Crippen molar-refractivity contribution in [1.29, 1.82) is 0 Å². The van der Waals surface area contributed by atoms with Crippen LogP contribution in [0.1, 0.15) is 16.8 Å². The summed E-state index contributed by atoms with van der Waals surface area (Å²) in [4.78, 5) is 37.6. The van der Waals surface area contributed by atoms with E-state index in [1.807, 2.05) is 60.0 Å². The van der Waals surface area contributed by atoms with E-state index in [9.17, 15) is 19.5 Å². The number of carboxylic acids is 1. The van der Waals surface area contributed by atoms with Crippen molar-refractivity contribution in [3.8, 4) is 11.1 Å². The van der Waals surface area contributed by atoms with Gasteiger partial charge in [-0.2, -0.15) is 0 Å². The van der Waals surface area contributed by atoms with E-state index in [1.165, 1.54) is 18.4 Å². The van der Waals surface area contributed by atoms with Crippen molar-refractivity contribution in [3.63, 3.8) is 0 Å². The first-order valence-electron chi connectivity index (χ1n) is 10.4. The maximum absolute atomic E-state index is 13.1. The molecule has 0 saturated heterocycles. The molecule has 1 amide bonds. The number of thiophene rings is 1. The van der Waals surface area contributed by atoms with Gasteiger partial charge >= 0.3 is 11.9 Å². The molecular weight excluding hydrogens is 426 g/mol. The van der Waals surface area contributed by atoms with Gasteiger partial charge in [-0.05, 0) is 40.7 Å². The normalized spacial score (nSPS) is 23.4. The summed E-state index contributed by atoms with van der Waals surface area (Å²) in [6, 6.07) is 13.9. The number of fused-ring (bicyclic) bond motifs is 3. The molecule has 1 aromatic heterocycles. The summed E-state index contributed by atoms with van der Waals surface area (Å²) in [5.74, 6) is -3.49. The lowest BCUT2D eigenvalue weighted by Crippen LogP contribution is -2.36. The highest BCUT2D eigenvalue weighted by molar-refractivity contribution is 7.15. The monoisotopic (exact) mass is 447 g/mol. The number of amides is 1. The smallest absolute Gasteiger partial charge is 0.341 e. The van der Waals surface area contributed by atoms with Crippen LogP contribution >= 0.6 is 11.3 Å². The highest BCUT2D eigenvalue weighted by atomic mass is 32.1. The lowest BCUT2D eigenvalue weighted by atomic mass is 9.82. The molecule has 0 radical (unpaired) electrons. The van der Waals surface area contributed by atoms with Crippen LogP contribution < -0.4 is 5.32 Å². The van der Waals surface area contributed by atoms with Crippen LogP contribution in [0.5, 0.6) is 0 Å². The molecule has 0 aliphatic heterocycles. The number of carboxylic acid groups (broad SMARTS) is 1. The Hall–Kier alpha value is -3.45. The first-order valence-corrected chi connectivity index (χ1v) is 11.3. The molecule has 4 atom stereocenters. The van der Waals surface area contributed by atoms with Crippen molar-refractivity contribution in [2.24, 2.45) is 23.7 Å². The molecule has 2 aliphatic carbocycles. The number of anilines is 1. The number of hydrogen-bond donors (Lipinski definition) is 2. The van der Waals surface area contributed by atoms with E-state index in [-0.39, 0.29) is 23.3 Å². The molecule has 32 heavy (non-hydrogen) atoms. The van der Waals surface area contributed by atoms with Crippen LogP contribution in [-0.2, 0) is 14.3 Å². The van der Waals surface area contributed by atoms with Gasteiger partial charge < -0.3 is 15.2 Å². The number of rotatable bonds is 5. The Morgan fingerprint density at radius 3 is 2.47 bits per heavy atom. The summed E-state index contributed by atoms with van der Waals surface area (Å²) in [5.41, 5.74) is 1.80. The average Bonchev–Trinajstić information content (AvgIpc) is 3.52. The molecule has 2 aromatic carbocycles. The first kappa shape index (κ1) is 20.5. The molecule has 1 fully saturated rings. The predicted octanol–water partition coefficient (Wildman–Crippen LogP) is 4.82. The largest absolute Gasteiger partial charge is 0.481 e. The van der Waals surface area contributed by atoms with Gasteiger partial charge in [0.2, 0.25) is 5.91 Å². The van der Waals surface area contributed by atoms with Crippen molar-refractivity contribution in [1.82, 2.24) is 0 Å². The molecule has 2 bridgehead atoms. The summed E-state index contributed by atoms with van der Waals surface area (Å²) in [7, 11) is 1.30. The van der Waals surface area contributed by atoms with Gasteiger partial charge in [-0.15, -0.1) is 11.3 Å². The molecule has 6 nitrogen and oxygen atoms in total. The Morgan fingerprint density at radius 1 is 1.03 bits per heavy atom. The van der Waals surface area contributed by atoms with Gasteiger partial charge in [0, 0.05) is 10.9 Å². The van der Waals surface area contributed by atoms with Crippen LogP contribution in [0.25, 0.3) is 21.9 Å². The molecule has 5 rings (SSSR count). The van der Waals surface area contributed by atoms with Crippen molar-refractivity contribution >= 4 is 45.0 Å². The standard InChI is InChI=1S/C25H21NO5S/c1-31-25(30)21-18(15-7-6-13-4-2-3-5-14(13)10-15)12-32-23(21)26-22(27)19-16-8-9-17(11-16)20(19)24(28)29/h2-10,12,16-17,19-20H,11H2,1H3,(H,26,27)(H,28,29)/t16-,17+,19+,20+/m1/s1. The zero-order chi connectivity index (χ0) is 22.4. The highest BCUT2D eigenvalue weighted by Crippen LogP contribution is 2.49. The van der Waals surface area contributed by atoms with E-state index in [4.69, 9.17) is 4.74 Å². The van der Waals surface area contributed by atoms with Gasteiger partial charge in [0.05, 0.1) is 18.9 Å².